The Morgan fingerprint density at radius 3 is 2.58 bits per heavy atom. The average Bonchev–Trinajstić information content (AvgIpc) is 2.38. The number of methoxy groups -OCH3 is 1. The molecule has 0 saturated heterocycles. The lowest BCUT2D eigenvalue weighted by Crippen LogP contribution is -2.35. The first kappa shape index (κ1) is 14.3. The van der Waals surface area contributed by atoms with Gasteiger partial charge in [-0.2, -0.15) is 0 Å². The second kappa shape index (κ2) is 5.91. The lowest BCUT2D eigenvalue weighted by molar-refractivity contribution is 0.205. The normalized spacial score (nSPS) is 19.4. The average molecular weight is 265 g/mol. The van der Waals surface area contributed by atoms with Crippen molar-refractivity contribution in [1.29, 1.82) is 0 Å². The number of hydrogen-bond donors (Lipinski definition) is 1. The Labute approximate surface area is 115 Å². The number of ether oxygens (including phenoxy) is 1. The molecule has 0 bridgehead atoms. The lowest BCUT2D eigenvalue weighted by atomic mass is 9.75. The van der Waals surface area contributed by atoms with Crippen molar-refractivity contribution in [3.63, 3.8) is 0 Å². The van der Waals surface area contributed by atoms with E-state index in [9.17, 15) is 4.39 Å². The molecular formula is C16H24FNO. The summed E-state index contributed by atoms with van der Waals surface area (Å²) in [5.41, 5.74) is 1.19. The minimum Gasteiger partial charge on any atom is -0.497 e. The van der Waals surface area contributed by atoms with Crippen LogP contribution in [0.2, 0.25) is 0 Å². The van der Waals surface area contributed by atoms with E-state index in [1.54, 1.807) is 13.2 Å². The molecule has 0 aromatic heterocycles. The fourth-order valence-corrected chi connectivity index (χ4v) is 2.66. The van der Waals surface area contributed by atoms with Crippen LogP contribution in [0.25, 0.3) is 0 Å². The Kier molecular flexibility index (Phi) is 4.46. The zero-order valence-corrected chi connectivity index (χ0v) is 12.1. The van der Waals surface area contributed by atoms with E-state index in [4.69, 9.17) is 4.74 Å². The van der Waals surface area contributed by atoms with Gasteiger partial charge in [-0.1, -0.05) is 19.9 Å². The van der Waals surface area contributed by atoms with Gasteiger partial charge in [0.15, 0.2) is 0 Å². The first-order chi connectivity index (χ1) is 9.00. The molecule has 3 heteroatoms. The monoisotopic (exact) mass is 265 g/mol. The summed E-state index contributed by atoms with van der Waals surface area (Å²) in [7, 11) is 1.55. The molecule has 2 rings (SSSR count). The van der Waals surface area contributed by atoms with Gasteiger partial charge >= 0.3 is 0 Å². The van der Waals surface area contributed by atoms with Crippen LogP contribution in [0.4, 0.5) is 4.39 Å². The summed E-state index contributed by atoms with van der Waals surface area (Å²) in [6, 6.07) is 5.58. The van der Waals surface area contributed by atoms with Gasteiger partial charge in [0, 0.05) is 24.2 Å². The van der Waals surface area contributed by atoms with Crippen LogP contribution in [0, 0.1) is 11.2 Å². The van der Waals surface area contributed by atoms with Crippen molar-refractivity contribution in [3.8, 4) is 5.75 Å². The first-order valence-electron chi connectivity index (χ1n) is 7.06. The number of rotatable bonds is 4. The molecule has 0 heterocycles. The second-order valence-corrected chi connectivity index (χ2v) is 6.28. The molecule has 2 nitrogen and oxygen atoms in total. The molecule has 0 spiro atoms. The van der Waals surface area contributed by atoms with Gasteiger partial charge in [-0.15, -0.1) is 0 Å². The van der Waals surface area contributed by atoms with Crippen LogP contribution in [0.3, 0.4) is 0 Å². The Hall–Kier alpha value is -1.09. The van der Waals surface area contributed by atoms with Gasteiger partial charge in [-0.25, -0.2) is 4.39 Å². The summed E-state index contributed by atoms with van der Waals surface area (Å²) in [5.74, 6) is 0.378. The van der Waals surface area contributed by atoms with E-state index in [2.05, 4.69) is 19.2 Å². The Balaban J connectivity index is 1.86. The standard InChI is InChI=1S/C16H24FNO/c1-16(2)8-6-13(7-9-16)18-11-12-4-5-14(19-3)10-15(12)17/h4-5,10,13,18H,6-9,11H2,1-3H3. The SMILES string of the molecule is COc1ccc(CNC2CCC(C)(C)CC2)c(F)c1. The van der Waals surface area contributed by atoms with Crippen LogP contribution in [0.5, 0.6) is 5.75 Å². The molecule has 0 atom stereocenters. The van der Waals surface area contributed by atoms with Crippen molar-refractivity contribution >= 4 is 0 Å². The van der Waals surface area contributed by atoms with E-state index >= 15 is 0 Å². The quantitative estimate of drug-likeness (QED) is 0.891. The largest absolute Gasteiger partial charge is 0.497 e. The van der Waals surface area contributed by atoms with E-state index in [-0.39, 0.29) is 5.82 Å². The van der Waals surface area contributed by atoms with E-state index in [1.807, 2.05) is 6.07 Å². The first-order valence-corrected chi connectivity index (χ1v) is 7.06. The van der Waals surface area contributed by atoms with Crippen molar-refractivity contribution in [1.82, 2.24) is 5.32 Å². The summed E-state index contributed by atoms with van der Waals surface area (Å²) < 4.78 is 18.8. The summed E-state index contributed by atoms with van der Waals surface area (Å²) in [5, 5.41) is 3.47. The van der Waals surface area contributed by atoms with Crippen LogP contribution in [0.1, 0.15) is 45.1 Å². The molecule has 1 fully saturated rings. The Bertz CT molecular complexity index is 421. The van der Waals surface area contributed by atoms with Gasteiger partial charge in [-0.3, -0.25) is 0 Å². The topological polar surface area (TPSA) is 21.3 Å². The smallest absolute Gasteiger partial charge is 0.131 e. The van der Waals surface area contributed by atoms with Crippen molar-refractivity contribution in [2.45, 2.75) is 52.1 Å². The predicted molar refractivity (Wildman–Crippen MR) is 75.8 cm³/mol. The van der Waals surface area contributed by atoms with E-state index < -0.39 is 0 Å². The maximum Gasteiger partial charge on any atom is 0.131 e. The fraction of sp³-hybridized carbons (Fsp3) is 0.625. The minimum atomic E-state index is -0.192. The van der Waals surface area contributed by atoms with Gasteiger partial charge in [0.1, 0.15) is 11.6 Å². The molecule has 0 amide bonds. The molecule has 1 aliphatic rings. The summed E-state index contributed by atoms with van der Waals surface area (Å²) in [4.78, 5) is 0. The number of nitrogens with one attached hydrogen (secondary N) is 1. The van der Waals surface area contributed by atoms with E-state index in [0.29, 0.717) is 29.3 Å². The molecule has 106 valence electrons. The number of hydrogen-bond acceptors (Lipinski definition) is 2. The van der Waals surface area contributed by atoms with E-state index in [1.165, 1.54) is 31.7 Å². The fourth-order valence-electron chi connectivity index (χ4n) is 2.66. The highest BCUT2D eigenvalue weighted by molar-refractivity contribution is 5.28. The van der Waals surface area contributed by atoms with Crippen LogP contribution >= 0.6 is 0 Å². The van der Waals surface area contributed by atoms with Gasteiger partial charge in [0.2, 0.25) is 0 Å². The summed E-state index contributed by atoms with van der Waals surface area (Å²) in [6.45, 7) is 5.25. The highest BCUT2D eigenvalue weighted by atomic mass is 19.1. The molecule has 1 aliphatic carbocycles. The van der Waals surface area contributed by atoms with Gasteiger partial charge < -0.3 is 10.1 Å². The summed E-state index contributed by atoms with van der Waals surface area (Å²) in [6.07, 6.45) is 4.86. The maximum absolute atomic E-state index is 13.8. The van der Waals surface area contributed by atoms with Gasteiger partial charge in [0.25, 0.3) is 0 Å². The van der Waals surface area contributed by atoms with Crippen LogP contribution in [-0.2, 0) is 6.54 Å². The maximum atomic E-state index is 13.8. The van der Waals surface area contributed by atoms with Crippen molar-refractivity contribution in [2.75, 3.05) is 7.11 Å². The number of halogens is 1. The molecule has 19 heavy (non-hydrogen) atoms. The highest BCUT2D eigenvalue weighted by Crippen LogP contribution is 2.35. The molecular weight excluding hydrogens is 241 g/mol. The van der Waals surface area contributed by atoms with Crippen LogP contribution in [-0.4, -0.2) is 13.2 Å². The highest BCUT2D eigenvalue weighted by Gasteiger charge is 2.26. The Morgan fingerprint density at radius 1 is 1.32 bits per heavy atom. The third-order valence-electron chi connectivity index (χ3n) is 4.18. The third kappa shape index (κ3) is 3.93. The van der Waals surface area contributed by atoms with Crippen molar-refractivity contribution in [3.05, 3.63) is 29.6 Å². The molecule has 1 N–H and O–H groups in total. The Morgan fingerprint density at radius 2 is 2.00 bits per heavy atom. The molecule has 0 aliphatic heterocycles. The molecule has 0 unspecified atom stereocenters. The summed E-state index contributed by atoms with van der Waals surface area (Å²) >= 11 is 0. The number of benzene rings is 1. The molecule has 1 aromatic carbocycles. The van der Waals surface area contributed by atoms with Gasteiger partial charge in [-0.05, 0) is 37.2 Å². The molecule has 0 radical (unpaired) electrons. The predicted octanol–water partition coefficient (Wildman–Crippen LogP) is 3.89. The zero-order valence-electron chi connectivity index (χ0n) is 12.1. The van der Waals surface area contributed by atoms with Crippen molar-refractivity contribution in [2.24, 2.45) is 5.41 Å². The van der Waals surface area contributed by atoms with Crippen molar-refractivity contribution < 1.29 is 9.13 Å². The van der Waals surface area contributed by atoms with Crippen LogP contribution < -0.4 is 10.1 Å². The third-order valence-corrected chi connectivity index (χ3v) is 4.18. The van der Waals surface area contributed by atoms with Crippen LogP contribution in [0.15, 0.2) is 18.2 Å². The second-order valence-electron chi connectivity index (χ2n) is 6.28. The molecule has 1 saturated carbocycles. The minimum absolute atomic E-state index is 0.192. The zero-order chi connectivity index (χ0) is 13.9. The van der Waals surface area contributed by atoms with Gasteiger partial charge in [0.05, 0.1) is 7.11 Å². The lowest BCUT2D eigenvalue weighted by Gasteiger charge is -2.34. The molecule has 1 aromatic rings. The van der Waals surface area contributed by atoms with E-state index in [0.717, 1.165) is 0 Å².